The van der Waals surface area contributed by atoms with Gasteiger partial charge in [-0.2, -0.15) is 0 Å². The van der Waals surface area contributed by atoms with Gasteiger partial charge in [0.1, 0.15) is 0 Å². The number of nitrogens with zero attached hydrogens (tertiary/aromatic N) is 1. The Hall–Kier alpha value is -1.46. The molecule has 1 aromatic carbocycles. The van der Waals surface area contributed by atoms with Gasteiger partial charge in [-0.05, 0) is 43.0 Å². The summed E-state index contributed by atoms with van der Waals surface area (Å²) in [5.41, 5.74) is 1.01. The molecular weight excluding hydrogens is 439 g/mol. The molecule has 1 aromatic rings. The fourth-order valence-corrected chi connectivity index (χ4v) is 2.32. The average molecular weight is 462 g/mol. The van der Waals surface area contributed by atoms with Gasteiger partial charge in [0.2, 0.25) is 6.79 Å². The van der Waals surface area contributed by atoms with Gasteiger partial charge in [-0.25, -0.2) is 14.9 Å². The van der Waals surface area contributed by atoms with E-state index in [4.69, 9.17) is 24.9 Å². The number of hydrogen-bond acceptors (Lipinski definition) is 8. The van der Waals surface area contributed by atoms with Gasteiger partial charge in [0, 0.05) is 45.3 Å². The van der Waals surface area contributed by atoms with Crippen molar-refractivity contribution in [2.45, 2.75) is 32.7 Å². The third-order valence-corrected chi connectivity index (χ3v) is 3.51. The molecule has 1 unspecified atom stereocenters. The summed E-state index contributed by atoms with van der Waals surface area (Å²) in [6, 6.07) is 5.53. The Morgan fingerprint density at radius 1 is 1.30 bits per heavy atom. The van der Waals surface area contributed by atoms with Crippen molar-refractivity contribution < 1.29 is 77.2 Å². The molecule has 1 heterocycles. The van der Waals surface area contributed by atoms with Crippen LogP contribution in [0.25, 0.3) is 0 Å². The van der Waals surface area contributed by atoms with E-state index in [-0.39, 0.29) is 58.6 Å². The fraction of sp³-hybridized carbons (Fsp3) is 0.500. The third kappa shape index (κ3) is 8.85. The molecule has 1 amide bonds. The van der Waals surface area contributed by atoms with Crippen LogP contribution in [0.5, 0.6) is 11.5 Å². The molecule has 11 heteroatoms. The minimum absolute atomic E-state index is 0. The Bertz CT molecular complexity index is 599. The Morgan fingerprint density at radius 3 is 2.48 bits per heavy atom. The van der Waals surface area contributed by atoms with Crippen LogP contribution in [0.1, 0.15) is 25.8 Å². The topological polar surface area (TPSA) is 135 Å². The standard InChI is InChI=1S/C13H17NO6.C3H6O3.Y/c1-3-14(13(15)19-20-16)9(2)6-10-4-5-11-12(7-10)18-8-17-11;4-2-1-3(5)6;/h4-5,7,9,16H,3,6,8H2,1-2H3;4H,1-2H2,(H,5,6);. The molecule has 0 aliphatic carbocycles. The number of carboxylic acids is 1. The molecular formula is C16H23NO9Y. The van der Waals surface area contributed by atoms with Crippen LogP contribution < -0.4 is 9.47 Å². The van der Waals surface area contributed by atoms with Crippen LogP contribution in [0.3, 0.4) is 0 Å². The Kier molecular flexibility index (Phi) is 12.9. The average Bonchev–Trinajstić information content (AvgIpc) is 3.04. The van der Waals surface area contributed by atoms with E-state index in [2.05, 4.69) is 9.93 Å². The van der Waals surface area contributed by atoms with Crippen molar-refractivity contribution >= 4 is 12.1 Å². The van der Waals surface area contributed by atoms with E-state index >= 15 is 0 Å². The van der Waals surface area contributed by atoms with E-state index in [1.165, 1.54) is 4.90 Å². The van der Waals surface area contributed by atoms with E-state index in [9.17, 15) is 9.59 Å². The van der Waals surface area contributed by atoms with Gasteiger partial charge in [-0.1, -0.05) is 6.07 Å². The van der Waals surface area contributed by atoms with E-state index in [1.807, 2.05) is 32.0 Å². The molecule has 0 saturated carbocycles. The minimum Gasteiger partial charge on any atom is -0.481 e. The van der Waals surface area contributed by atoms with Crippen LogP contribution >= 0.6 is 0 Å². The van der Waals surface area contributed by atoms with Crippen molar-refractivity contribution in [1.29, 1.82) is 0 Å². The van der Waals surface area contributed by atoms with Crippen molar-refractivity contribution in [3.63, 3.8) is 0 Å². The second kappa shape index (κ2) is 13.7. The van der Waals surface area contributed by atoms with Crippen molar-refractivity contribution in [2.75, 3.05) is 19.9 Å². The Morgan fingerprint density at radius 2 is 1.96 bits per heavy atom. The number of likely N-dealkylation sites (N-methyl/N-ethyl adjacent to an activating group) is 1. The molecule has 1 radical (unpaired) electrons. The second-order valence-electron chi connectivity index (χ2n) is 5.32. The number of aliphatic hydroxyl groups is 1. The summed E-state index contributed by atoms with van der Waals surface area (Å²) in [5.74, 6) is 0.471. The Balaban J connectivity index is 0.000000842. The zero-order chi connectivity index (χ0) is 19.5. The van der Waals surface area contributed by atoms with Gasteiger partial charge >= 0.3 is 12.1 Å². The maximum atomic E-state index is 11.6. The number of ether oxygens (including phenoxy) is 2. The number of rotatable bonds is 7. The second-order valence-corrected chi connectivity index (χ2v) is 5.32. The summed E-state index contributed by atoms with van der Waals surface area (Å²) in [6.07, 6.45) is -0.270. The number of aliphatic hydroxyl groups excluding tert-OH is 1. The maximum Gasteiger partial charge on any atom is 0.444 e. The zero-order valence-corrected chi connectivity index (χ0v) is 18.0. The van der Waals surface area contributed by atoms with Gasteiger partial charge < -0.3 is 24.6 Å². The molecule has 0 bridgehead atoms. The summed E-state index contributed by atoms with van der Waals surface area (Å²) in [5, 5.41) is 27.2. The smallest absolute Gasteiger partial charge is 0.444 e. The van der Waals surface area contributed by atoms with Gasteiger partial charge in [0.25, 0.3) is 0 Å². The molecule has 1 aliphatic rings. The minimum atomic E-state index is -0.961. The summed E-state index contributed by atoms with van der Waals surface area (Å²) in [4.78, 5) is 26.6. The van der Waals surface area contributed by atoms with Crippen molar-refractivity contribution in [3.05, 3.63) is 23.8 Å². The van der Waals surface area contributed by atoms with Gasteiger partial charge in [-0.3, -0.25) is 4.79 Å². The van der Waals surface area contributed by atoms with E-state index in [0.29, 0.717) is 18.7 Å². The predicted octanol–water partition coefficient (Wildman–Crippen LogP) is 1.66. The van der Waals surface area contributed by atoms with Gasteiger partial charge in [0.15, 0.2) is 11.5 Å². The van der Waals surface area contributed by atoms with Gasteiger partial charge in [-0.15, -0.1) is 0 Å². The molecule has 1 aliphatic heterocycles. The Labute approximate surface area is 181 Å². The fourth-order valence-electron chi connectivity index (χ4n) is 2.32. The first-order valence-corrected chi connectivity index (χ1v) is 7.92. The van der Waals surface area contributed by atoms with Crippen molar-refractivity contribution in [1.82, 2.24) is 4.90 Å². The van der Waals surface area contributed by atoms with Crippen molar-refractivity contribution in [3.8, 4) is 11.5 Å². The zero-order valence-electron chi connectivity index (χ0n) is 15.2. The van der Waals surface area contributed by atoms with Crippen LogP contribution in [0.2, 0.25) is 0 Å². The SMILES string of the molecule is CCN(C(=O)OOO)C(C)Cc1ccc2c(c1)OCO2.O=C(O)CCO.[Y]. The number of carbonyl (C=O) groups is 2. The monoisotopic (exact) mass is 462 g/mol. The van der Waals surface area contributed by atoms with Crippen LogP contribution in [0.15, 0.2) is 18.2 Å². The maximum absolute atomic E-state index is 11.6. The number of carbonyl (C=O) groups excluding carboxylic acids is 1. The summed E-state index contributed by atoms with van der Waals surface area (Å²) in [6.45, 7) is 4.10. The third-order valence-electron chi connectivity index (χ3n) is 3.51. The number of amides is 1. The quantitative estimate of drug-likeness (QED) is 0.408. The normalized spacial score (nSPS) is 12.1. The van der Waals surface area contributed by atoms with Crippen LogP contribution in [-0.2, 0) is 53.9 Å². The number of hydrogen-bond donors (Lipinski definition) is 3. The number of aliphatic carboxylic acids is 1. The predicted molar refractivity (Wildman–Crippen MR) is 87.6 cm³/mol. The van der Waals surface area contributed by atoms with Gasteiger partial charge in [0.05, 0.1) is 13.0 Å². The molecule has 1 atom stereocenters. The van der Waals surface area contributed by atoms with Crippen LogP contribution in [0.4, 0.5) is 4.79 Å². The number of carboxylic acid groups (broad SMARTS) is 1. The summed E-state index contributed by atoms with van der Waals surface area (Å²) < 4.78 is 10.6. The molecule has 3 N–H and O–H groups in total. The first kappa shape index (κ1) is 25.5. The van der Waals surface area contributed by atoms with E-state index in [1.54, 1.807) is 0 Å². The number of benzene rings is 1. The molecule has 10 nitrogen and oxygen atoms in total. The molecule has 0 aromatic heterocycles. The summed E-state index contributed by atoms with van der Waals surface area (Å²) in [7, 11) is 0. The van der Waals surface area contributed by atoms with Crippen LogP contribution in [0, 0.1) is 0 Å². The first-order valence-electron chi connectivity index (χ1n) is 7.92. The van der Waals surface area contributed by atoms with Crippen LogP contribution in [-0.4, -0.2) is 58.4 Å². The molecule has 27 heavy (non-hydrogen) atoms. The summed E-state index contributed by atoms with van der Waals surface area (Å²) >= 11 is 0. The number of fused-ring (bicyclic) bond motifs is 1. The largest absolute Gasteiger partial charge is 0.481 e. The molecule has 149 valence electrons. The molecule has 0 saturated heterocycles. The molecule has 0 spiro atoms. The first-order chi connectivity index (χ1) is 12.4. The molecule has 2 rings (SSSR count). The van der Waals surface area contributed by atoms with Crippen molar-refractivity contribution in [2.24, 2.45) is 0 Å². The molecule has 0 fully saturated rings. The van der Waals surface area contributed by atoms with E-state index < -0.39 is 12.1 Å². The van der Waals surface area contributed by atoms with E-state index in [0.717, 1.165) is 11.3 Å².